The fourth-order valence-corrected chi connectivity index (χ4v) is 0.783. The van der Waals surface area contributed by atoms with E-state index in [9.17, 15) is 14.4 Å². The van der Waals surface area contributed by atoms with Crippen molar-refractivity contribution >= 4 is 5.97 Å². The molecule has 14 heavy (non-hydrogen) atoms. The van der Waals surface area contributed by atoms with Gasteiger partial charge in [0.1, 0.15) is 6.04 Å². The first-order valence-corrected chi connectivity index (χ1v) is 3.82. The number of carboxylic acid groups (broad SMARTS) is 1. The lowest BCUT2D eigenvalue weighted by Gasteiger charge is -2.11. The topological polar surface area (TPSA) is 104 Å². The summed E-state index contributed by atoms with van der Waals surface area (Å²) in [6, 6.07) is 0.196. The molecule has 0 unspecified atom stereocenters. The predicted molar refractivity (Wildman–Crippen MR) is 47.8 cm³/mol. The van der Waals surface area contributed by atoms with Gasteiger partial charge in [-0.1, -0.05) is 0 Å². The first-order chi connectivity index (χ1) is 6.50. The summed E-state index contributed by atoms with van der Waals surface area (Å²) in [6.07, 6.45) is 1.17. The van der Waals surface area contributed by atoms with E-state index in [4.69, 9.17) is 5.11 Å². The van der Waals surface area contributed by atoms with Gasteiger partial charge in [-0.2, -0.15) is 0 Å². The third-order valence-electron chi connectivity index (χ3n) is 1.53. The summed E-state index contributed by atoms with van der Waals surface area (Å²) in [5.41, 5.74) is 1.14. The van der Waals surface area contributed by atoms with Crippen molar-refractivity contribution < 1.29 is 9.90 Å². The molecule has 0 amide bonds. The van der Waals surface area contributed by atoms with Crippen molar-refractivity contribution in [1.82, 2.24) is 9.66 Å². The summed E-state index contributed by atoms with van der Waals surface area (Å²) in [5, 5.41) is 8.54. The second-order valence-corrected chi connectivity index (χ2v) is 2.67. The Labute approximate surface area is 78.0 Å². The summed E-state index contributed by atoms with van der Waals surface area (Å²) >= 11 is 0. The molecule has 1 aromatic heterocycles. The first-order valence-electron chi connectivity index (χ1n) is 3.82. The molecular formula is C7H9N3O4. The van der Waals surface area contributed by atoms with Crippen LogP contribution in [0.1, 0.15) is 6.92 Å². The lowest BCUT2D eigenvalue weighted by atomic mass is 10.4. The Hall–Kier alpha value is -2.05. The molecule has 0 aliphatic heterocycles. The van der Waals surface area contributed by atoms with E-state index in [1.54, 1.807) is 0 Å². The van der Waals surface area contributed by atoms with E-state index in [0.717, 1.165) is 10.7 Å². The zero-order valence-corrected chi connectivity index (χ0v) is 7.35. The van der Waals surface area contributed by atoms with Crippen LogP contribution in [0.25, 0.3) is 0 Å². The Balaban J connectivity index is 2.93. The number of rotatable bonds is 3. The molecule has 0 saturated heterocycles. The van der Waals surface area contributed by atoms with Gasteiger partial charge in [-0.05, 0) is 6.92 Å². The van der Waals surface area contributed by atoms with E-state index in [1.165, 1.54) is 13.1 Å². The molecule has 0 bridgehead atoms. The molecule has 3 N–H and O–H groups in total. The van der Waals surface area contributed by atoms with Crippen LogP contribution in [0, 0.1) is 0 Å². The molecule has 0 fully saturated rings. The number of hydrogen-bond donors (Lipinski definition) is 3. The average Bonchev–Trinajstić information content (AvgIpc) is 2.09. The first kappa shape index (κ1) is 10.0. The van der Waals surface area contributed by atoms with E-state index in [-0.39, 0.29) is 0 Å². The van der Waals surface area contributed by atoms with E-state index in [2.05, 4.69) is 5.43 Å². The van der Waals surface area contributed by atoms with E-state index >= 15 is 0 Å². The summed E-state index contributed by atoms with van der Waals surface area (Å²) in [5.74, 6) is -1.09. The predicted octanol–water partition coefficient (Wildman–Crippen LogP) is -1.45. The minimum absolute atomic E-state index is 0.531. The highest BCUT2D eigenvalue weighted by atomic mass is 16.4. The molecule has 1 rings (SSSR count). The number of aromatic nitrogens is 2. The number of carbonyl (C=O) groups is 1. The summed E-state index contributed by atoms with van der Waals surface area (Å²) in [4.78, 5) is 34.1. The van der Waals surface area contributed by atoms with Gasteiger partial charge in [0.2, 0.25) is 0 Å². The molecule has 0 spiro atoms. The van der Waals surface area contributed by atoms with E-state index in [1.807, 2.05) is 4.98 Å². The lowest BCUT2D eigenvalue weighted by Crippen LogP contribution is -2.41. The molecule has 0 aromatic carbocycles. The second kappa shape index (κ2) is 3.77. The zero-order valence-electron chi connectivity index (χ0n) is 7.35. The van der Waals surface area contributed by atoms with Crippen LogP contribution < -0.4 is 16.7 Å². The van der Waals surface area contributed by atoms with Crippen molar-refractivity contribution in [3.63, 3.8) is 0 Å². The third-order valence-corrected chi connectivity index (χ3v) is 1.53. The standard InChI is InChI=1S/C7H9N3O4/c1-4(6(12)13)9-10-3-2-5(11)8-7(10)14/h2-4,9H,1H3,(H,12,13)(H,8,11,14)/t4-/m0/s1. The Morgan fingerprint density at radius 1 is 1.64 bits per heavy atom. The minimum Gasteiger partial charge on any atom is -0.480 e. The minimum atomic E-state index is -1.09. The van der Waals surface area contributed by atoms with Gasteiger partial charge in [-0.15, -0.1) is 0 Å². The van der Waals surface area contributed by atoms with Crippen molar-refractivity contribution in [3.8, 4) is 0 Å². The molecule has 0 aliphatic rings. The Bertz CT molecular complexity index is 447. The molecule has 0 aliphatic carbocycles. The van der Waals surface area contributed by atoms with Gasteiger partial charge in [-0.25, -0.2) is 14.3 Å². The molecule has 0 saturated carbocycles. The van der Waals surface area contributed by atoms with Gasteiger partial charge in [0, 0.05) is 12.3 Å². The van der Waals surface area contributed by atoms with Crippen molar-refractivity contribution in [2.75, 3.05) is 5.43 Å². The number of hydrogen-bond acceptors (Lipinski definition) is 4. The summed E-state index contributed by atoms with van der Waals surface area (Å²) in [6.45, 7) is 1.37. The zero-order chi connectivity index (χ0) is 10.7. The van der Waals surface area contributed by atoms with Gasteiger partial charge >= 0.3 is 11.7 Å². The maximum atomic E-state index is 11.1. The normalized spacial score (nSPS) is 12.1. The quantitative estimate of drug-likeness (QED) is 0.552. The molecule has 1 heterocycles. The maximum absolute atomic E-state index is 11.1. The van der Waals surface area contributed by atoms with Crippen LogP contribution in [0.5, 0.6) is 0 Å². The second-order valence-electron chi connectivity index (χ2n) is 2.67. The van der Waals surface area contributed by atoms with Gasteiger partial charge in [0.15, 0.2) is 0 Å². The van der Waals surface area contributed by atoms with Crippen LogP contribution in [-0.2, 0) is 4.79 Å². The van der Waals surface area contributed by atoms with Crippen LogP contribution in [0.3, 0.4) is 0 Å². The lowest BCUT2D eigenvalue weighted by molar-refractivity contribution is -0.137. The van der Waals surface area contributed by atoms with Crippen LogP contribution in [0.4, 0.5) is 0 Å². The van der Waals surface area contributed by atoms with Gasteiger partial charge < -0.3 is 10.5 Å². The molecule has 1 aromatic rings. The number of aromatic amines is 1. The molecule has 1 atom stereocenters. The Morgan fingerprint density at radius 2 is 2.29 bits per heavy atom. The monoisotopic (exact) mass is 199 g/mol. The largest absolute Gasteiger partial charge is 0.480 e. The SMILES string of the molecule is C[C@H](Nn1ccc(=O)[nH]c1=O)C(=O)O. The number of aliphatic carboxylic acids is 1. The fourth-order valence-electron chi connectivity index (χ4n) is 0.783. The Kier molecular flexibility index (Phi) is 2.70. The number of nitrogens with one attached hydrogen (secondary N) is 2. The molecule has 0 radical (unpaired) electrons. The van der Waals surface area contributed by atoms with Crippen molar-refractivity contribution in [2.24, 2.45) is 0 Å². The number of carboxylic acids is 1. The summed E-state index contributed by atoms with van der Waals surface area (Å²) in [7, 11) is 0. The van der Waals surface area contributed by atoms with Crippen LogP contribution >= 0.6 is 0 Å². The third kappa shape index (κ3) is 2.22. The number of H-pyrrole nitrogens is 1. The van der Waals surface area contributed by atoms with Gasteiger partial charge in [0.25, 0.3) is 5.56 Å². The molecule has 7 nitrogen and oxygen atoms in total. The fraction of sp³-hybridized carbons (Fsp3) is 0.286. The van der Waals surface area contributed by atoms with E-state index < -0.39 is 23.3 Å². The van der Waals surface area contributed by atoms with Crippen molar-refractivity contribution in [3.05, 3.63) is 33.1 Å². The van der Waals surface area contributed by atoms with Crippen LogP contribution in [0.2, 0.25) is 0 Å². The van der Waals surface area contributed by atoms with E-state index in [0.29, 0.717) is 0 Å². The van der Waals surface area contributed by atoms with Crippen LogP contribution in [-0.4, -0.2) is 26.8 Å². The number of nitrogens with zero attached hydrogens (tertiary/aromatic N) is 1. The molecule has 76 valence electrons. The van der Waals surface area contributed by atoms with Gasteiger partial charge in [0.05, 0.1) is 0 Å². The van der Waals surface area contributed by atoms with Crippen molar-refractivity contribution in [1.29, 1.82) is 0 Å². The Morgan fingerprint density at radius 3 is 2.79 bits per heavy atom. The van der Waals surface area contributed by atoms with Crippen molar-refractivity contribution in [2.45, 2.75) is 13.0 Å². The van der Waals surface area contributed by atoms with Gasteiger partial charge in [-0.3, -0.25) is 9.78 Å². The summed E-state index contributed by atoms with van der Waals surface area (Å²) < 4.78 is 0.903. The average molecular weight is 199 g/mol. The highest BCUT2D eigenvalue weighted by Crippen LogP contribution is 1.82. The molecule has 7 heteroatoms. The molecular weight excluding hydrogens is 190 g/mol. The highest BCUT2D eigenvalue weighted by molar-refractivity contribution is 5.74. The smallest absolute Gasteiger partial charge is 0.346 e. The maximum Gasteiger partial charge on any atom is 0.346 e. The van der Waals surface area contributed by atoms with Crippen LogP contribution in [0.15, 0.2) is 21.9 Å². The highest BCUT2D eigenvalue weighted by Gasteiger charge is 2.10.